The summed E-state index contributed by atoms with van der Waals surface area (Å²) in [6, 6.07) is 19.1. The summed E-state index contributed by atoms with van der Waals surface area (Å²) in [6.45, 7) is 1.61. The number of benzene rings is 3. The van der Waals surface area contributed by atoms with Crippen LogP contribution in [0, 0.1) is 5.92 Å². The number of amides is 3. The fraction of sp³-hybridized carbons (Fsp3) is 0.219. The monoisotopic (exact) mass is 645 g/mol. The third-order valence-corrected chi connectivity index (χ3v) is 10.2. The van der Waals surface area contributed by atoms with Gasteiger partial charge in [-0.15, -0.1) is 0 Å². The zero-order valence-corrected chi connectivity index (χ0v) is 25.7. The van der Waals surface area contributed by atoms with E-state index in [1.807, 2.05) is 0 Å². The predicted octanol–water partition coefficient (Wildman–Crippen LogP) is 4.24. The lowest BCUT2D eigenvalue weighted by Gasteiger charge is -2.30. The zero-order valence-electron chi connectivity index (χ0n) is 24.1. The predicted molar refractivity (Wildman–Crippen MR) is 168 cm³/mol. The van der Waals surface area contributed by atoms with E-state index in [0.717, 1.165) is 28.0 Å². The van der Waals surface area contributed by atoms with Crippen molar-refractivity contribution in [2.45, 2.75) is 29.7 Å². The van der Waals surface area contributed by atoms with Crippen molar-refractivity contribution < 1.29 is 33.8 Å². The van der Waals surface area contributed by atoms with Gasteiger partial charge in [0.2, 0.25) is 17.7 Å². The van der Waals surface area contributed by atoms with Crippen molar-refractivity contribution >= 4 is 58.2 Å². The molecule has 1 saturated heterocycles. The van der Waals surface area contributed by atoms with Crippen LogP contribution in [0.15, 0.2) is 82.6 Å². The lowest BCUT2D eigenvalue weighted by Crippen LogP contribution is -2.33. The number of methoxy groups -OCH3 is 1. The Bertz CT molecular complexity index is 1850. The number of thioether (sulfide) groups is 1. The molecule has 0 aliphatic carbocycles. The Labute approximate surface area is 265 Å². The van der Waals surface area contributed by atoms with E-state index < -0.39 is 45.6 Å². The van der Waals surface area contributed by atoms with Crippen LogP contribution >= 0.6 is 23.1 Å². The number of anilines is 2. The Kier molecular flexibility index (Phi) is 8.21. The molecule has 1 aromatic heterocycles. The maximum Gasteiger partial charge on any atom is 0.338 e. The number of esters is 1. The number of carbonyl (C=O) groups excluding carboxylic acids is 4. The van der Waals surface area contributed by atoms with Gasteiger partial charge in [0.15, 0.2) is 0 Å². The summed E-state index contributed by atoms with van der Waals surface area (Å²) in [7, 11) is 1.54. The molecule has 0 bridgehead atoms. The first kappa shape index (κ1) is 30.2. The van der Waals surface area contributed by atoms with Crippen LogP contribution in [-0.2, 0) is 25.7 Å². The second kappa shape index (κ2) is 12.3. The molecule has 2 aliphatic heterocycles. The summed E-state index contributed by atoms with van der Waals surface area (Å²) in [5, 5.41) is 12.3. The summed E-state index contributed by atoms with van der Waals surface area (Å²) in [5.74, 6) is -2.77. The minimum Gasteiger partial charge on any atom is -0.508 e. The van der Waals surface area contributed by atoms with Gasteiger partial charge in [-0.3, -0.25) is 23.7 Å². The van der Waals surface area contributed by atoms with Crippen molar-refractivity contribution in [2.24, 2.45) is 5.92 Å². The van der Waals surface area contributed by atoms with E-state index in [-0.39, 0.29) is 24.5 Å². The van der Waals surface area contributed by atoms with Crippen LogP contribution < -0.4 is 19.8 Å². The molecule has 0 radical (unpaired) electrons. The highest BCUT2D eigenvalue weighted by Gasteiger charge is 2.56. The number of hydrogen-bond acceptors (Lipinski definition) is 10. The number of rotatable bonds is 8. The Morgan fingerprint density at radius 2 is 1.62 bits per heavy atom. The smallest absolute Gasteiger partial charge is 0.338 e. The molecule has 230 valence electrons. The lowest BCUT2D eigenvalue weighted by atomic mass is 9.83. The van der Waals surface area contributed by atoms with Gasteiger partial charge in [-0.2, -0.15) is 0 Å². The molecule has 0 saturated carbocycles. The second-order valence-corrected chi connectivity index (χ2v) is 12.4. The highest BCUT2D eigenvalue weighted by molar-refractivity contribution is 8.00. The molecule has 2 aliphatic rings. The number of phenols is 1. The second-order valence-electron chi connectivity index (χ2n) is 10.3. The number of fused-ring (bicyclic) bond motifs is 2. The van der Waals surface area contributed by atoms with E-state index in [1.54, 1.807) is 43.3 Å². The fourth-order valence-electron chi connectivity index (χ4n) is 5.53. The minimum atomic E-state index is -0.890. The highest BCUT2D eigenvalue weighted by atomic mass is 32.2. The number of hydrogen-bond donors (Lipinski definition) is 2. The number of ether oxygens (including phenoxy) is 2. The number of carbonyl (C=O) groups is 4. The van der Waals surface area contributed by atoms with Gasteiger partial charge in [0, 0.05) is 16.5 Å². The molecule has 3 amide bonds. The normalized spacial score (nSPS) is 18.7. The van der Waals surface area contributed by atoms with Crippen LogP contribution in [0.3, 0.4) is 0 Å². The standard InChI is InChI=1S/C32H27N3O8S2/c1-3-43-31(40)18-4-10-20(11-5-18)35-28(38)25-24(17-6-12-21(36)13-7-17)27-30(44-26(25)29(35)39)34(32(41)45-27)16-23(37)33-19-8-14-22(42-2)15-9-19/h4-15,24-26,36H,3,16H2,1-2H3,(H,33,37)/t24-,25+,26-/m0/s1. The quantitative estimate of drug-likeness (QED) is 0.212. The lowest BCUT2D eigenvalue weighted by molar-refractivity contribution is -0.122. The van der Waals surface area contributed by atoms with Crippen LogP contribution in [-0.4, -0.2) is 52.3 Å². The van der Waals surface area contributed by atoms with Crippen molar-refractivity contribution in [3.63, 3.8) is 0 Å². The van der Waals surface area contributed by atoms with E-state index in [0.29, 0.717) is 32.6 Å². The number of aromatic hydroxyl groups is 1. The van der Waals surface area contributed by atoms with Crippen molar-refractivity contribution in [3.05, 3.63) is 98.5 Å². The first-order valence-corrected chi connectivity index (χ1v) is 15.7. The minimum absolute atomic E-state index is 0.0267. The SMILES string of the molecule is CCOC(=O)c1ccc(N2C(=O)[C@@H]3[C@H](c4ccc(O)cc4)c4sc(=O)n(CC(=O)Nc5ccc(OC)cc5)c4S[C@@H]3C2=O)cc1. The van der Waals surface area contributed by atoms with E-state index >= 15 is 0 Å². The summed E-state index contributed by atoms with van der Waals surface area (Å²) < 4.78 is 11.5. The maximum absolute atomic E-state index is 14.0. The highest BCUT2D eigenvalue weighted by Crippen LogP contribution is 2.54. The van der Waals surface area contributed by atoms with Gasteiger partial charge < -0.3 is 19.9 Å². The van der Waals surface area contributed by atoms with Gasteiger partial charge in [-0.25, -0.2) is 9.69 Å². The van der Waals surface area contributed by atoms with Crippen LogP contribution in [0.25, 0.3) is 0 Å². The van der Waals surface area contributed by atoms with Crippen LogP contribution in [0.5, 0.6) is 11.5 Å². The molecule has 4 aromatic rings. The molecular formula is C32H27N3O8S2. The first-order valence-electron chi connectivity index (χ1n) is 14.0. The molecule has 0 spiro atoms. The van der Waals surface area contributed by atoms with Gasteiger partial charge >= 0.3 is 10.8 Å². The average Bonchev–Trinajstić information content (AvgIpc) is 3.48. The Morgan fingerprint density at radius 1 is 0.933 bits per heavy atom. The Balaban J connectivity index is 1.35. The van der Waals surface area contributed by atoms with Gasteiger partial charge in [-0.1, -0.05) is 35.2 Å². The number of nitrogens with zero attached hydrogens (tertiary/aromatic N) is 2. The summed E-state index contributed by atoms with van der Waals surface area (Å²) in [5.41, 5.74) is 1.75. The topological polar surface area (TPSA) is 144 Å². The molecule has 0 unspecified atom stereocenters. The summed E-state index contributed by atoms with van der Waals surface area (Å²) in [6.07, 6.45) is 0. The molecule has 1 fully saturated rings. The van der Waals surface area contributed by atoms with Gasteiger partial charge in [0.25, 0.3) is 0 Å². The molecule has 13 heteroatoms. The average molecular weight is 646 g/mol. The Morgan fingerprint density at radius 3 is 2.27 bits per heavy atom. The molecule has 2 N–H and O–H groups in total. The van der Waals surface area contributed by atoms with Crippen molar-refractivity contribution in [2.75, 3.05) is 23.9 Å². The third-order valence-electron chi connectivity index (χ3n) is 7.61. The number of aromatic nitrogens is 1. The molecule has 3 heterocycles. The van der Waals surface area contributed by atoms with E-state index in [2.05, 4.69) is 5.32 Å². The molecular weight excluding hydrogens is 618 g/mol. The van der Waals surface area contributed by atoms with Crippen LogP contribution in [0.2, 0.25) is 0 Å². The van der Waals surface area contributed by atoms with Gasteiger partial charge in [-0.05, 0) is 73.2 Å². The number of nitrogens with one attached hydrogen (secondary N) is 1. The Hall–Kier alpha value is -4.88. The van der Waals surface area contributed by atoms with Crippen molar-refractivity contribution in [3.8, 4) is 11.5 Å². The van der Waals surface area contributed by atoms with Crippen molar-refractivity contribution in [1.29, 1.82) is 0 Å². The van der Waals surface area contributed by atoms with E-state index in [1.165, 1.54) is 48.1 Å². The van der Waals surface area contributed by atoms with E-state index in [4.69, 9.17) is 9.47 Å². The van der Waals surface area contributed by atoms with Crippen LogP contribution in [0.4, 0.5) is 11.4 Å². The van der Waals surface area contributed by atoms with Gasteiger partial charge in [0.05, 0.1) is 35.9 Å². The summed E-state index contributed by atoms with van der Waals surface area (Å²) in [4.78, 5) is 67.8. The van der Waals surface area contributed by atoms with Crippen molar-refractivity contribution in [1.82, 2.24) is 4.57 Å². The third kappa shape index (κ3) is 5.60. The molecule has 6 rings (SSSR count). The maximum atomic E-state index is 14.0. The molecule has 45 heavy (non-hydrogen) atoms. The summed E-state index contributed by atoms with van der Waals surface area (Å²) >= 11 is 2.03. The molecule has 11 nitrogen and oxygen atoms in total. The van der Waals surface area contributed by atoms with Gasteiger partial charge in [0.1, 0.15) is 23.3 Å². The number of thiazole rings is 1. The number of imide groups is 1. The number of phenolic OH excluding ortho intramolecular Hbond substituents is 1. The zero-order chi connectivity index (χ0) is 31.8. The van der Waals surface area contributed by atoms with E-state index in [9.17, 15) is 29.1 Å². The fourth-order valence-corrected chi connectivity index (χ4v) is 8.30. The van der Waals surface area contributed by atoms with Crippen LogP contribution in [0.1, 0.15) is 33.6 Å². The molecule has 3 aromatic carbocycles. The largest absolute Gasteiger partial charge is 0.508 e. The first-order chi connectivity index (χ1) is 21.7. The molecule has 3 atom stereocenters.